The smallest absolute Gasteiger partial charge is 0.246 e. The van der Waals surface area contributed by atoms with Gasteiger partial charge in [0, 0.05) is 6.04 Å². The van der Waals surface area contributed by atoms with Crippen LogP contribution in [0.25, 0.3) is 0 Å². The summed E-state index contributed by atoms with van der Waals surface area (Å²) in [5.41, 5.74) is 1.31. The number of nitrogens with one attached hydrogen (secondary N) is 1. The average Bonchev–Trinajstić information content (AvgIpc) is 3.30. The molecule has 0 aliphatic heterocycles. The van der Waals surface area contributed by atoms with Crippen molar-refractivity contribution in [2.75, 3.05) is 7.11 Å². The Bertz CT molecular complexity index is 772. The van der Waals surface area contributed by atoms with Crippen molar-refractivity contribution in [2.24, 2.45) is 5.92 Å². The molecule has 124 valence electrons. The van der Waals surface area contributed by atoms with E-state index >= 15 is 0 Å². The highest BCUT2D eigenvalue weighted by Gasteiger charge is 2.37. The first-order valence-corrected chi connectivity index (χ1v) is 9.00. The fourth-order valence-electron chi connectivity index (χ4n) is 2.76. The van der Waals surface area contributed by atoms with Crippen LogP contribution in [0.5, 0.6) is 5.75 Å². The Morgan fingerprint density at radius 3 is 2.39 bits per heavy atom. The molecule has 1 aliphatic rings. The fourth-order valence-corrected chi connectivity index (χ4v) is 4.38. The Morgan fingerprint density at radius 2 is 1.91 bits per heavy atom. The van der Waals surface area contributed by atoms with E-state index in [9.17, 15) is 8.42 Å². The predicted octanol–water partition coefficient (Wildman–Crippen LogP) is 2.73. The summed E-state index contributed by atoms with van der Waals surface area (Å²) in [5, 5.41) is 3.73. The molecule has 0 saturated heterocycles. The van der Waals surface area contributed by atoms with Crippen molar-refractivity contribution in [3.05, 3.63) is 41.3 Å². The van der Waals surface area contributed by atoms with Crippen LogP contribution >= 0.6 is 0 Å². The highest BCUT2D eigenvalue weighted by molar-refractivity contribution is 7.89. The van der Waals surface area contributed by atoms with Crippen LogP contribution in [0.15, 0.2) is 33.7 Å². The van der Waals surface area contributed by atoms with Gasteiger partial charge in [-0.15, -0.1) is 0 Å². The molecular weight excluding hydrogens is 316 g/mol. The molecule has 1 aromatic heterocycles. The molecule has 1 aromatic carbocycles. The standard InChI is InChI=1S/C16H20N2O4S/c1-10-16(11(2)22-17-10)23(19,20)18-15(12-4-5-12)13-6-8-14(21-3)9-7-13/h6-9,12,15,18H,4-5H2,1-3H3/t15-/m1/s1. The van der Waals surface area contributed by atoms with Crippen LogP contribution in [-0.4, -0.2) is 20.7 Å². The van der Waals surface area contributed by atoms with E-state index in [1.807, 2.05) is 24.3 Å². The molecule has 1 atom stereocenters. The van der Waals surface area contributed by atoms with Crippen molar-refractivity contribution in [2.45, 2.75) is 37.6 Å². The second kappa shape index (κ2) is 5.98. The van der Waals surface area contributed by atoms with Gasteiger partial charge >= 0.3 is 0 Å². The molecule has 0 spiro atoms. The molecule has 1 saturated carbocycles. The van der Waals surface area contributed by atoms with Gasteiger partial charge in [-0.3, -0.25) is 0 Å². The summed E-state index contributed by atoms with van der Waals surface area (Å²) in [5.74, 6) is 1.37. The number of benzene rings is 1. The molecule has 0 amide bonds. The number of nitrogens with zero attached hydrogens (tertiary/aromatic N) is 1. The number of rotatable bonds is 6. The average molecular weight is 336 g/mol. The van der Waals surface area contributed by atoms with Gasteiger partial charge in [0.05, 0.1) is 7.11 Å². The lowest BCUT2D eigenvalue weighted by Crippen LogP contribution is -2.30. The van der Waals surface area contributed by atoms with Crippen molar-refractivity contribution < 1.29 is 17.7 Å². The van der Waals surface area contributed by atoms with Crippen LogP contribution in [0.4, 0.5) is 0 Å². The quantitative estimate of drug-likeness (QED) is 0.877. The van der Waals surface area contributed by atoms with Crippen molar-refractivity contribution in [1.82, 2.24) is 9.88 Å². The molecule has 1 N–H and O–H groups in total. The number of hydrogen-bond donors (Lipinski definition) is 1. The van der Waals surface area contributed by atoms with Gasteiger partial charge in [0.15, 0.2) is 5.76 Å². The topological polar surface area (TPSA) is 81.4 Å². The first kappa shape index (κ1) is 16.0. The van der Waals surface area contributed by atoms with Crippen LogP contribution in [0.3, 0.4) is 0 Å². The summed E-state index contributed by atoms with van der Waals surface area (Å²) in [6.45, 7) is 3.23. The molecule has 1 heterocycles. The minimum Gasteiger partial charge on any atom is -0.497 e. The van der Waals surface area contributed by atoms with Gasteiger partial charge in [0.1, 0.15) is 16.3 Å². The zero-order valence-corrected chi connectivity index (χ0v) is 14.2. The van der Waals surface area contributed by atoms with Gasteiger partial charge in [0.2, 0.25) is 10.0 Å². The first-order chi connectivity index (χ1) is 10.9. The molecule has 23 heavy (non-hydrogen) atoms. The number of methoxy groups -OCH3 is 1. The Kier molecular flexibility index (Phi) is 4.16. The van der Waals surface area contributed by atoms with Crippen molar-refractivity contribution in [1.29, 1.82) is 0 Å². The Hall–Kier alpha value is -1.86. The van der Waals surface area contributed by atoms with Gasteiger partial charge in [-0.2, -0.15) is 0 Å². The lowest BCUT2D eigenvalue weighted by atomic mass is 10.0. The lowest BCUT2D eigenvalue weighted by Gasteiger charge is -2.19. The summed E-state index contributed by atoms with van der Waals surface area (Å²) in [6.07, 6.45) is 2.03. The van der Waals surface area contributed by atoms with E-state index in [2.05, 4.69) is 9.88 Å². The van der Waals surface area contributed by atoms with Crippen LogP contribution in [0.2, 0.25) is 0 Å². The fraction of sp³-hybridized carbons (Fsp3) is 0.438. The van der Waals surface area contributed by atoms with E-state index in [-0.39, 0.29) is 10.9 Å². The maximum absolute atomic E-state index is 12.7. The maximum Gasteiger partial charge on any atom is 0.246 e. The number of aromatic nitrogens is 1. The molecule has 0 radical (unpaired) electrons. The highest BCUT2D eigenvalue weighted by Crippen LogP contribution is 2.42. The normalized spacial score (nSPS) is 16.3. The van der Waals surface area contributed by atoms with E-state index in [1.54, 1.807) is 21.0 Å². The number of hydrogen-bond acceptors (Lipinski definition) is 5. The largest absolute Gasteiger partial charge is 0.497 e. The molecule has 6 nitrogen and oxygen atoms in total. The Morgan fingerprint density at radius 1 is 1.26 bits per heavy atom. The summed E-state index contributed by atoms with van der Waals surface area (Å²) >= 11 is 0. The van der Waals surface area contributed by atoms with Gasteiger partial charge in [-0.05, 0) is 50.3 Å². The van der Waals surface area contributed by atoms with E-state index in [0.717, 1.165) is 24.2 Å². The lowest BCUT2D eigenvalue weighted by molar-refractivity contribution is 0.390. The molecule has 2 aromatic rings. The van der Waals surface area contributed by atoms with E-state index in [0.29, 0.717) is 17.4 Å². The molecule has 1 fully saturated rings. The van der Waals surface area contributed by atoms with Crippen LogP contribution in [0.1, 0.15) is 35.9 Å². The molecule has 1 aliphatic carbocycles. The van der Waals surface area contributed by atoms with Gasteiger partial charge in [-0.25, -0.2) is 13.1 Å². The molecule has 0 unspecified atom stereocenters. The first-order valence-electron chi connectivity index (χ1n) is 7.51. The third-order valence-electron chi connectivity index (χ3n) is 4.09. The summed E-state index contributed by atoms with van der Waals surface area (Å²) in [4.78, 5) is 0.136. The maximum atomic E-state index is 12.7. The van der Waals surface area contributed by atoms with E-state index < -0.39 is 10.0 Å². The Labute approximate surface area is 135 Å². The molecule has 7 heteroatoms. The minimum absolute atomic E-state index is 0.136. The van der Waals surface area contributed by atoms with Gasteiger partial charge in [0.25, 0.3) is 0 Å². The summed E-state index contributed by atoms with van der Waals surface area (Å²) in [7, 11) is -2.08. The van der Waals surface area contributed by atoms with Gasteiger partial charge < -0.3 is 9.26 Å². The SMILES string of the molecule is COc1ccc([C@H](NS(=O)(=O)c2c(C)noc2C)C2CC2)cc1. The number of sulfonamides is 1. The van der Waals surface area contributed by atoms with Crippen molar-refractivity contribution in [3.63, 3.8) is 0 Å². The molecular formula is C16H20N2O4S. The number of aryl methyl sites for hydroxylation is 2. The third-order valence-corrected chi connectivity index (χ3v) is 5.77. The summed E-state index contributed by atoms with van der Waals surface area (Å²) in [6, 6.07) is 7.23. The highest BCUT2D eigenvalue weighted by atomic mass is 32.2. The number of ether oxygens (including phenoxy) is 1. The van der Waals surface area contributed by atoms with Crippen LogP contribution in [0, 0.1) is 19.8 Å². The van der Waals surface area contributed by atoms with Crippen molar-refractivity contribution in [3.8, 4) is 5.75 Å². The van der Waals surface area contributed by atoms with Gasteiger partial charge in [-0.1, -0.05) is 17.3 Å². The third kappa shape index (κ3) is 3.25. The minimum atomic E-state index is -3.68. The predicted molar refractivity (Wildman–Crippen MR) is 84.8 cm³/mol. The van der Waals surface area contributed by atoms with Crippen LogP contribution < -0.4 is 9.46 Å². The second-order valence-electron chi connectivity index (χ2n) is 5.86. The Balaban J connectivity index is 1.90. The zero-order valence-electron chi connectivity index (χ0n) is 13.4. The van der Waals surface area contributed by atoms with Crippen LogP contribution in [-0.2, 0) is 10.0 Å². The molecule has 3 rings (SSSR count). The monoisotopic (exact) mass is 336 g/mol. The summed E-state index contributed by atoms with van der Waals surface area (Å²) < 4.78 is 38.4. The van der Waals surface area contributed by atoms with E-state index in [4.69, 9.17) is 9.26 Å². The zero-order chi connectivity index (χ0) is 16.6. The second-order valence-corrected chi connectivity index (χ2v) is 7.51. The van der Waals surface area contributed by atoms with Crippen molar-refractivity contribution >= 4 is 10.0 Å². The van der Waals surface area contributed by atoms with E-state index in [1.165, 1.54) is 0 Å². The molecule has 0 bridgehead atoms.